The van der Waals surface area contributed by atoms with Gasteiger partial charge in [0, 0.05) is 6.07 Å². The van der Waals surface area contributed by atoms with Crippen LogP contribution in [0.15, 0.2) is 16.9 Å². The Hall–Kier alpha value is -1.45. The van der Waals surface area contributed by atoms with Crippen LogP contribution in [-0.2, 0) is 0 Å². The van der Waals surface area contributed by atoms with Crippen LogP contribution in [0.3, 0.4) is 0 Å². The van der Waals surface area contributed by atoms with Crippen molar-refractivity contribution in [1.82, 2.24) is 4.98 Å². The smallest absolute Gasteiger partial charge is 0.250 e. The average molecular weight is 126 g/mol. The number of anilines is 1. The molecule has 0 spiro atoms. The molecule has 4 heteroatoms. The summed E-state index contributed by atoms with van der Waals surface area (Å²) in [5.74, 6) is -0.275. The number of rotatable bonds is 0. The van der Waals surface area contributed by atoms with Crippen LogP contribution in [0.4, 0.5) is 5.69 Å². The molecule has 0 fully saturated rings. The van der Waals surface area contributed by atoms with E-state index in [1.165, 1.54) is 12.1 Å². The molecular formula is C5H6N2O2. The predicted molar refractivity (Wildman–Crippen MR) is 33.1 cm³/mol. The molecule has 48 valence electrons. The van der Waals surface area contributed by atoms with Gasteiger partial charge in [-0.25, -0.2) is 0 Å². The summed E-state index contributed by atoms with van der Waals surface area (Å²) in [4.78, 5) is 12.5. The van der Waals surface area contributed by atoms with E-state index >= 15 is 0 Å². The van der Waals surface area contributed by atoms with Gasteiger partial charge >= 0.3 is 0 Å². The maximum atomic E-state index is 10.4. The maximum Gasteiger partial charge on any atom is 0.250 e. The number of pyridine rings is 1. The van der Waals surface area contributed by atoms with Gasteiger partial charge in [-0.3, -0.25) is 9.78 Å². The van der Waals surface area contributed by atoms with Crippen LogP contribution >= 0.6 is 0 Å². The summed E-state index contributed by atoms with van der Waals surface area (Å²) in [6.45, 7) is 0. The molecule has 0 aliphatic rings. The second kappa shape index (κ2) is 1.81. The third-order valence-corrected chi connectivity index (χ3v) is 0.929. The molecule has 0 aliphatic heterocycles. The van der Waals surface area contributed by atoms with E-state index in [4.69, 9.17) is 10.8 Å². The molecule has 1 aromatic rings. The van der Waals surface area contributed by atoms with Crippen LogP contribution in [0.2, 0.25) is 0 Å². The van der Waals surface area contributed by atoms with E-state index in [2.05, 4.69) is 4.98 Å². The molecule has 4 N–H and O–H groups in total. The number of nitrogens with one attached hydrogen (secondary N) is 1. The molecule has 0 bridgehead atoms. The van der Waals surface area contributed by atoms with Crippen molar-refractivity contribution >= 4 is 5.69 Å². The first kappa shape index (κ1) is 5.68. The molecule has 0 saturated carbocycles. The minimum absolute atomic E-state index is 0.176. The highest BCUT2D eigenvalue weighted by Crippen LogP contribution is 2.09. The first-order valence-corrected chi connectivity index (χ1v) is 2.38. The quantitative estimate of drug-likeness (QED) is 0.445. The number of aromatic hydroxyl groups is 1. The first-order chi connectivity index (χ1) is 4.20. The number of hydrogen-bond acceptors (Lipinski definition) is 3. The third-order valence-electron chi connectivity index (χ3n) is 0.929. The van der Waals surface area contributed by atoms with Gasteiger partial charge in [0.1, 0.15) is 0 Å². The molecule has 0 amide bonds. The Morgan fingerprint density at radius 1 is 1.56 bits per heavy atom. The van der Waals surface area contributed by atoms with Crippen molar-refractivity contribution in [2.75, 3.05) is 5.73 Å². The van der Waals surface area contributed by atoms with Crippen molar-refractivity contribution < 1.29 is 5.11 Å². The Bertz CT molecular complexity index is 266. The predicted octanol–water partition coefficient (Wildman–Crippen LogP) is -0.337. The van der Waals surface area contributed by atoms with Crippen molar-refractivity contribution in [1.29, 1.82) is 0 Å². The summed E-state index contributed by atoms with van der Waals surface area (Å²) < 4.78 is 0. The summed E-state index contributed by atoms with van der Waals surface area (Å²) in [6.07, 6.45) is 0. The molecule has 0 aliphatic carbocycles. The van der Waals surface area contributed by atoms with E-state index in [1.54, 1.807) is 0 Å². The molecule has 0 radical (unpaired) electrons. The monoisotopic (exact) mass is 126 g/mol. The van der Waals surface area contributed by atoms with E-state index in [1.807, 2.05) is 0 Å². The summed E-state index contributed by atoms with van der Waals surface area (Å²) >= 11 is 0. The van der Waals surface area contributed by atoms with Crippen molar-refractivity contribution in [3.8, 4) is 5.88 Å². The van der Waals surface area contributed by atoms with Crippen LogP contribution in [-0.4, -0.2) is 10.1 Å². The number of hydrogen-bond donors (Lipinski definition) is 3. The highest BCUT2D eigenvalue weighted by molar-refractivity contribution is 5.45. The molecule has 9 heavy (non-hydrogen) atoms. The first-order valence-electron chi connectivity index (χ1n) is 2.38. The number of aromatic amines is 1. The number of nitrogens with two attached hydrogens (primary N) is 1. The van der Waals surface area contributed by atoms with Crippen LogP contribution in [0.5, 0.6) is 5.88 Å². The van der Waals surface area contributed by atoms with Crippen LogP contribution in [0.1, 0.15) is 0 Å². The van der Waals surface area contributed by atoms with E-state index in [0.717, 1.165) is 0 Å². The molecule has 1 aromatic heterocycles. The van der Waals surface area contributed by atoms with Gasteiger partial charge in [0.05, 0.1) is 5.69 Å². The highest BCUT2D eigenvalue weighted by Gasteiger charge is 1.92. The lowest BCUT2D eigenvalue weighted by Gasteiger charge is -1.92. The fourth-order valence-electron chi connectivity index (χ4n) is 0.475. The molecule has 0 unspecified atom stereocenters. The van der Waals surface area contributed by atoms with Crippen molar-refractivity contribution in [2.45, 2.75) is 0 Å². The summed E-state index contributed by atoms with van der Waals surface area (Å²) in [5, 5.41) is 8.72. The van der Waals surface area contributed by atoms with Gasteiger partial charge < -0.3 is 10.8 Å². The fourth-order valence-corrected chi connectivity index (χ4v) is 0.475. The zero-order chi connectivity index (χ0) is 6.85. The van der Waals surface area contributed by atoms with Gasteiger partial charge in [-0.05, 0) is 6.07 Å². The molecule has 1 heterocycles. The normalized spacial score (nSPS) is 9.33. The Labute approximate surface area is 50.9 Å². The Kier molecular flexibility index (Phi) is 1.14. The van der Waals surface area contributed by atoms with Gasteiger partial charge in [-0.2, -0.15) is 0 Å². The van der Waals surface area contributed by atoms with Crippen LogP contribution < -0.4 is 11.3 Å². The number of aromatic nitrogens is 1. The van der Waals surface area contributed by atoms with Crippen molar-refractivity contribution in [3.63, 3.8) is 0 Å². The van der Waals surface area contributed by atoms with E-state index in [0.29, 0.717) is 0 Å². The van der Waals surface area contributed by atoms with Gasteiger partial charge in [0.2, 0.25) is 5.88 Å². The zero-order valence-electron chi connectivity index (χ0n) is 4.59. The van der Waals surface area contributed by atoms with E-state index in [9.17, 15) is 4.79 Å². The Balaban J connectivity index is 3.34. The average Bonchev–Trinajstić information content (AvgIpc) is 1.80. The summed E-state index contributed by atoms with van der Waals surface area (Å²) in [7, 11) is 0. The fraction of sp³-hybridized carbons (Fsp3) is 0. The third kappa shape index (κ3) is 1.02. The van der Waals surface area contributed by atoms with Crippen LogP contribution in [0, 0.1) is 0 Å². The number of H-pyrrole nitrogens is 1. The standard InChI is InChI=1S/C5H6N2O2/c6-3-1-2-4(8)7-5(3)9/h1-2H,6H2,(H2,7,8,9). The van der Waals surface area contributed by atoms with E-state index < -0.39 is 0 Å². The second-order valence-corrected chi connectivity index (χ2v) is 1.63. The zero-order valence-corrected chi connectivity index (χ0v) is 4.59. The topological polar surface area (TPSA) is 79.1 Å². The summed E-state index contributed by atoms with van der Waals surface area (Å²) in [5.41, 5.74) is 4.98. The minimum Gasteiger partial charge on any atom is -0.493 e. The van der Waals surface area contributed by atoms with E-state index in [-0.39, 0.29) is 17.1 Å². The SMILES string of the molecule is Nc1ccc(=O)[nH]c1O. The van der Waals surface area contributed by atoms with Gasteiger partial charge in [0.25, 0.3) is 5.56 Å². The maximum absolute atomic E-state index is 10.4. The van der Waals surface area contributed by atoms with Crippen molar-refractivity contribution in [2.24, 2.45) is 0 Å². The second-order valence-electron chi connectivity index (χ2n) is 1.63. The van der Waals surface area contributed by atoms with Crippen molar-refractivity contribution in [3.05, 3.63) is 22.5 Å². The molecule has 0 atom stereocenters. The van der Waals surface area contributed by atoms with Gasteiger partial charge in [-0.1, -0.05) is 0 Å². The molecule has 0 saturated heterocycles. The Morgan fingerprint density at radius 2 is 2.22 bits per heavy atom. The molecular weight excluding hydrogens is 120 g/mol. The van der Waals surface area contributed by atoms with Gasteiger partial charge in [0.15, 0.2) is 0 Å². The largest absolute Gasteiger partial charge is 0.493 e. The minimum atomic E-state index is -0.360. The lowest BCUT2D eigenvalue weighted by atomic mass is 10.4. The van der Waals surface area contributed by atoms with Crippen LogP contribution in [0.25, 0.3) is 0 Å². The number of nitrogen functional groups attached to an aromatic ring is 1. The lowest BCUT2D eigenvalue weighted by molar-refractivity contribution is 0.454. The highest BCUT2D eigenvalue weighted by atomic mass is 16.3. The lowest BCUT2D eigenvalue weighted by Crippen LogP contribution is -2.03. The Morgan fingerprint density at radius 3 is 2.67 bits per heavy atom. The molecule has 4 nitrogen and oxygen atoms in total. The molecule has 0 aromatic carbocycles. The summed E-state index contributed by atoms with van der Waals surface area (Å²) in [6, 6.07) is 2.59. The van der Waals surface area contributed by atoms with Gasteiger partial charge in [-0.15, -0.1) is 0 Å². The molecule has 1 rings (SSSR count).